The first-order valence-electron chi connectivity index (χ1n) is 5.40. The van der Waals surface area contributed by atoms with Crippen LogP contribution in [0.5, 0.6) is 0 Å². The van der Waals surface area contributed by atoms with E-state index in [9.17, 15) is 14.9 Å². The van der Waals surface area contributed by atoms with Gasteiger partial charge in [-0.3, -0.25) is 14.9 Å². The van der Waals surface area contributed by atoms with Gasteiger partial charge in [0.15, 0.2) is 11.5 Å². The van der Waals surface area contributed by atoms with Crippen LogP contribution < -0.4 is 5.32 Å². The highest BCUT2D eigenvalue weighted by Gasteiger charge is 2.19. The molecule has 0 saturated heterocycles. The Hall–Kier alpha value is -3.34. The van der Waals surface area contributed by atoms with Gasteiger partial charge in [0.25, 0.3) is 11.6 Å². The molecule has 2 rings (SSSR count). The van der Waals surface area contributed by atoms with E-state index in [1.165, 1.54) is 36.4 Å². The Morgan fingerprint density at radius 3 is 2.60 bits per heavy atom. The fourth-order valence-electron chi connectivity index (χ4n) is 1.47. The van der Waals surface area contributed by atoms with Crippen LogP contribution in [0.1, 0.15) is 16.1 Å². The van der Waals surface area contributed by atoms with Crippen molar-refractivity contribution >= 4 is 17.4 Å². The molecule has 2 aromatic rings. The summed E-state index contributed by atoms with van der Waals surface area (Å²) in [6.07, 6.45) is 0. The Labute approximate surface area is 112 Å². The van der Waals surface area contributed by atoms with Crippen molar-refractivity contribution in [3.05, 3.63) is 57.8 Å². The zero-order valence-corrected chi connectivity index (χ0v) is 9.98. The number of nitro benzene ring substituents is 1. The van der Waals surface area contributed by atoms with Gasteiger partial charge in [0.2, 0.25) is 0 Å². The minimum absolute atomic E-state index is 0.0799. The summed E-state index contributed by atoms with van der Waals surface area (Å²) in [6, 6.07) is 10.1. The third-order valence-electron chi connectivity index (χ3n) is 2.37. The van der Waals surface area contributed by atoms with Crippen molar-refractivity contribution in [1.29, 1.82) is 5.26 Å². The molecular weight excluding hydrogens is 262 g/mol. The molecule has 0 bridgehead atoms. The van der Waals surface area contributed by atoms with E-state index in [-0.39, 0.29) is 22.8 Å². The van der Waals surface area contributed by atoms with Crippen molar-refractivity contribution in [2.45, 2.75) is 0 Å². The average molecular weight is 269 g/mol. The van der Waals surface area contributed by atoms with Crippen LogP contribution in [0.2, 0.25) is 0 Å². The Kier molecular flexibility index (Phi) is 3.63. The first kappa shape index (κ1) is 13.1. The lowest BCUT2D eigenvalue weighted by atomic mass is 10.1. The second kappa shape index (κ2) is 5.53. The minimum atomic E-state index is -0.670. The standard InChI is InChI=1S/C12H7N5O3/c13-7-8-5-6-11(16-15-8)14-12(18)9-3-1-2-4-10(9)17(19)20/h1-6H,(H,14,16,18). The fraction of sp³-hybridized carbons (Fsp3) is 0. The Balaban J connectivity index is 2.24. The summed E-state index contributed by atoms with van der Waals surface area (Å²) >= 11 is 0. The van der Waals surface area contributed by atoms with Gasteiger partial charge in [-0.15, -0.1) is 10.2 Å². The van der Waals surface area contributed by atoms with Crippen molar-refractivity contribution < 1.29 is 9.72 Å². The number of amides is 1. The van der Waals surface area contributed by atoms with Gasteiger partial charge in [-0.25, -0.2) is 0 Å². The number of carbonyl (C=O) groups is 1. The number of nitrogens with zero attached hydrogens (tertiary/aromatic N) is 4. The molecule has 1 N–H and O–H groups in total. The van der Waals surface area contributed by atoms with Crippen LogP contribution in [0.15, 0.2) is 36.4 Å². The molecule has 0 unspecified atom stereocenters. The van der Waals surface area contributed by atoms with Crippen LogP contribution in [0, 0.1) is 21.4 Å². The number of nitro groups is 1. The minimum Gasteiger partial charge on any atom is -0.305 e. The van der Waals surface area contributed by atoms with Gasteiger partial charge in [0, 0.05) is 6.07 Å². The van der Waals surface area contributed by atoms with E-state index in [1.54, 1.807) is 6.07 Å². The topological polar surface area (TPSA) is 122 Å². The molecule has 1 aromatic carbocycles. The monoisotopic (exact) mass is 269 g/mol. The smallest absolute Gasteiger partial charge is 0.282 e. The maximum absolute atomic E-state index is 11.9. The molecular formula is C12H7N5O3. The summed E-state index contributed by atoms with van der Waals surface area (Å²) < 4.78 is 0. The molecule has 1 aromatic heterocycles. The molecule has 1 heterocycles. The summed E-state index contributed by atoms with van der Waals surface area (Å²) in [4.78, 5) is 22.1. The molecule has 0 atom stereocenters. The third kappa shape index (κ3) is 2.73. The average Bonchev–Trinajstić information content (AvgIpc) is 2.48. The van der Waals surface area contributed by atoms with Crippen LogP contribution in [-0.4, -0.2) is 21.0 Å². The predicted octanol–water partition coefficient (Wildman–Crippen LogP) is 1.51. The Morgan fingerprint density at radius 1 is 1.25 bits per heavy atom. The molecule has 0 aliphatic carbocycles. The van der Waals surface area contributed by atoms with Gasteiger partial charge in [0.1, 0.15) is 11.6 Å². The number of hydrogen-bond acceptors (Lipinski definition) is 6. The fourth-order valence-corrected chi connectivity index (χ4v) is 1.47. The summed E-state index contributed by atoms with van der Waals surface area (Å²) in [5.41, 5.74) is -0.274. The zero-order valence-electron chi connectivity index (χ0n) is 9.98. The Morgan fingerprint density at radius 2 is 2.00 bits per heavy atom. The van der Waals surface area contributed by atoms with E-state index < -0.39 is 10.8 Å². The lowest BCUT2D eigenvalue weighted by Crippen LogP contribution is -2.15. The van der Waals surface area contributed by atoms with Gasteiger partial charge in [-0.1, -0.05) is 12.1 Å². The highest BCUT2D eigenvalue weighted by atomic mass is 16.6. The lowest BCUT2D eigenvalue weighted by Gasteiger charge is -2.04. The summed E-state index contributed by atoms with van der Waals surface area (Å²) in [7, 11) is 0. The molecule has 98 valence electrons. The second-order valence-electron chi connectivity index (χ2n) is 3.64. The van der Waals surface area contributed by atoms with E-state index in [4.69, 9.17) is 5.26 Å². The molecule has 8 nitrogen and oxygen atoms in total. The number of anilines is 1. The third-order valence-corrected chi connectivity index (χ3v) is 2.37. The molecule has 0 spiro atoms. The number of rotatable bonds is 3. The van der Waals surface area contributed by atoms with Gasteiger partial charge in [0.05, 0.1) is 4.92 Å². The Bertz CT molecular complexity index is 706. The van der Waals surface area contributed by atoms with Crippen molar-refractivity contribution in [1.82, 2.24) is 10.2 Å². The summed E-state index contributed by atoms with van der Waals surface area (Å²) in [6.45, 7) is 0. The normalized spacial score (nSPS) is 9.55. The molecule has 0 radical (unpaired) electrons. The summed E-state index contributed by atoms with van der Waals surface area (Å²) in [5, 5.41) is 28.9. The number of benzene rings is 1. The van der Waals surface area contributed by atoms with Crippen LogP contribution in [0.3, 0.4) is 0 Å². The quantitative estimate of drug-likeness (QED) is 0.665. The van der Waals surface area contributed by atoms with Crippen molar-refractivity contribution in [3.63, 3.8) is 0 Å². The van der Waals surface area contributed by atoms with Crippen LogP contribution in [-0.2, 0) is 0 Å². The number of hydrogen-bond donors (Lipinski definition) is 1. The van der Waals surface area contributed by atoms with Gasteiger partial charge in [-0.05, 0) is 18.2 Å². The number of carbonyl (C=O) groups excluding carboxylic acids is 1. The first-order valence-corrected chi connectivity index (χ1v) is 5.40. The van der Waals surface area contributed by atoms with Gasteiger partial charge >= 0.3 is 0 Å². The van der Waals surface area contributed by atoms with Crippen LogP contribution >= 0.6 is 0 Å². The largest absolute Gasteiger partial charge is 0.305 e. The maximum Gasteiger partial charge on any atom is 0.282 e. The van der Waals surface area contributed by atoms with Crippen molar-refractivity contribution in [2.75, 3.05) is 5.32 Å². The molecule has 8 heteroatoms. The lowest BCUT2D eigenvalue weighted by molar-refractivity contribution is -0.385. The molecule has 0 aliphatic rings. The van der Waals surface area contributed by atoms with Crippen LogP contribution in [0.4, 0.5) is 11.5 Å². The van der Waals surface area contributed by atoms with Gasteiger partial charge in [-0.2, -0.15) is 5.26 Å². The molecule has 0 aliphatic heterocycles. The summed E-state index contributed by atoms with van der Waals surface area (Å²) in [5.74, 6) is -0.566. The highest BCUT2D eigenvalue weighted by Crippen LogP contribution is 2.18. The van der Waals surface area contributed by atoms with Crippen molar-refractivity contribution in [2.24, 2.45) is 0 Å². The number of nitriles is 1. The number of nitrogens with one attached hydrogen (secondary N) is 1. The van der Waals surface area contributed by atoms with Gasteiger partial charge < -0.3 is 5.32 Å². The van der Waals surface area contributed by atoms with E-state index in [2.05, 4.69) is 15.5 Å². The van der Waals surface area contributed by atoms with E-state index in [1.807, 2.05) is 0 Å². The SMILES string of the molecule is N#Cc1ccc(NC(=O)c2ccccc2[N+](=O)[O-])nn1. The highest BCUT2D eigenvalue weighted by molar-refractivity contribution is 6.06. The zero-order chi connectivity index (χ0) is 14.5. The molecule has 1 amide bonds. The first-order chi connectivity index (χ1) is 9.61. The van der Waals surface area contributed by atoms with Crippen molar-refractivity contribution in [3.8, 4) is 6.07 Å². The van der Waals surface area contributed by atoms with Crippen LogP contribution in [0.25, 0.3) is 0 Å². The predicted molar refractivity (Wildman–Crippen MR) is 67.8 cm³/mol. The number of aromatic nitrogens is 2. The molecule has 20 heavy (non-hydrogen) atoms. The van der Waals surface area contributed by atoms with E-state index in [0.717, 1.165) is 0 Å². The van der Waals surface area contributed by atoms with E-state index in [0.29, 0.717) is 0 Å². The molecule has 0 fully saturated rings. The second-order valence-corrected chi connectivity index (χ2v) is 3.64. The maximum atomic E-state index is 11.9. The number of para-hydroxylation sites is 1. The molecule has 0 saturated carbocycles. The van der Waals surface area contributed by atoms with E-state index >= 15 is 0 Å².